The van der Waals surface area contributed by atoms with Crippen LogP contribution in [-0.2, 0) is 6.42 Å². The Kier molecular flexibility index (Phi) is 5.10. The van der Waals surface area contributed by atoms with E-state index in [9.17, 15) is 5.11 Å². The molecule has 3 heterocycles. The number of imidazole rings is 1. The average Bonchev–Trinajstić information content (AvgIpc) is 3.30. The molecule has 5 rings (SSSR count). The molecule has 2 aromatic heterocycles. The van der Waals surface area contributed by atoms with Gasteiger partial charge in [-0.25, -0.2) is 15.0 Å². The van der Waals surface area contributed by atoms with Crippen molar-refractivity contribution in [1.82, 2.24) is 19.5 Å². The number of nitrogens with zero attached hydrogens (tertiary/aromatic N) is 4. The van der Waals surface area contributed by atoms with Gasteiger partial charge in [-0.3, -0.25) is 4.57 Å². The molecule has 1 aliphatic heterocycles. The molecule has 0 bridgehead atoms. The number of aromatic hydroxyl groups is 1. The molecule has 1 atom stereocenters. The second-order valence-electron chi connectivity index (χ2n) is 8.06. The van der Waals surface area contributed by atoms with E-state index in [0.29, 0.717) is 18.3 Å². The Morgan fingerprint density at radius 2 is 2.00 bits per heavy atom. The molecule has 2 N–H and O–H groups in total. The average molecular weight is 429 g/mol. The fourth-order valence-corrected chi connectivity index (χ4v) is 5.21. The van der Waals surface area contributed by atoms with E-state index in [1.165, 1.54) is 0 Å². The first-order chi connectivity index (χ1) is 15.0. The molecule has 0 spiro atoms. The van der Waals surface area contributed by atoms with E-state index in [1.54, 1.807) is 17.8 Å². The molecule has 4 aromatic rings. The number of phenols is 1. The van der Waals surface area contributed by atoms with E-state index in [4.69, 9.17) is 4.98 Å². The van der Waals surface area contributed by atoms with Crippen molar-refractivity contribution in [3.8, 4) is 16.9 Å². The maximum atomic E-state index is 10.4. The Morgan fingerprint density at radius 3 is 2.84 bits per heavy atom. The molecule has 1 aliphatic rings. The van der Waals surface area contributed by atoms with E-state index >= 15 is 0 Å². The first-order valence-corrected chi connectivity index (χ1v) is 11.5. The van der Waals surface area contributed by atoms with Gasteiger partial charge in [0.15, 0.2) is 22.1 Å². The number of fused-ring (bicyclic) bond motifs is 3. The van der Waals surface area contributed by atoms with Crippen LogP contribution in [0, 0.1) is 6.92 Å². The van der Waals surface area contributed by atoms with Gasteiger partial charge in [0.1, 0.15) is 19.4 Å². The van der Waals surface area contributed by atoms with E-state index in [0.717, 1.165) is 62.3 Å². The molecule has 0 fully saturated rings. The summed E-state index contributed by atoms with van der Waals surface area (Å²) < 4.78 is 2.22. The van der Waals surface area contributed by atoms with Gasteiger partial charge in [-0.05, 0) is 43.5 Å². The van der Waals surface area contributed by atoms with Crippen molar-refractivity contribution < 1.29 is 5.11 Å². The number of aryl methyl sites for hydroxylation is 1. The number of phenolic OH excluding ortho intramolecular Hbond substituents is 1. The summed E-state index contributed by atoms with van der Waals surface area (Å²) in [5.74, 6) is 2.87. The predicted molar refractivity (Wildman–Crippen MR) is 129 cm³/mol. The van der Waals surface area contributed by atoms with Crippen molar-refractivity contribution in [2.24, 2.45) is 0 Å². The Morgan fingerprint density at radius 1 is 1.16 bits per heavy atom. The molecule has 0 aliphatic carbocycles. The molecular weight excluding hydrogens is 405 g/mol. The number of nitrogens with one attached hydrogen (secondary N) is 1. The standard InChI is InChI=1S/C23H24BN5OS/c1-13-12-31-23-28-20-21(26-14(2)27-22(20)29(13)23)25-10-9-15-7-8-19(30)17(11-15)16-5-3-4-6-18(16)24/h3-8,11,13,30H,9-10,12,24H2,1-2H3,(H,25,26,27)/t13-/m0/s1. The lowest BCUT2D eigenvalue weighted by Gasteiger charge is -2.12. The minimum absolute atomic E-state index is 0.304. The van der Waals surface area contributed by atoms with Crippen LogP contribution in [-0.4, -0.2) is 44.8 Å². The second kappa shape index (κ2) is 7.92. The van der Waals surface area contributed by atoms with Gasteiger partial charge in [-0.15, -0.1) is 0 Å². The number of hydrogen-bond donors (Lipinski definition) is 2. The van der Waals surface area contributed by atoms with Crippen LogP contribution in [0.3, 0.4) is 0 Å². The Labute approximate surface area is 186 Å². The molecule has 31 heavy (non-hydrogen) atoms. The lowest BCUT2D eigenvalue weighted by atomic mass is 9.86. The van der Waals surface area contributed by atoms with E-state index in [2.05, 4.69) is 46.8 Å². The molecule has 6 nitrogen and oxygen atoms in total. The number of benzene rings is 2. The minimum Gasteiger partial charge on any atom is -0.507 e. The van der Waals surface area contributed by atoms with Gasteiger partial charge in [-0.1, -0.05) is 47.6 Å². The number of hydrogen-bond acceptors (Lipinski definition) is 6. The molecule has 0 amide bonds. The van der Waals surface area contributed by atoms with Crippen LogP contribution in [0.15, 0.2) is 47.6 Å². The Balaban J connectivity index is 1.38. The van der Waals surface area contributed by atoms with Gasteiger partial charge in [-0.2, -0.15) is 0 Å². The van der Waals surface area contributed by atoms with Gasteiger partial charge in [0.2, 0.25) is 0 Å². The van der Waals surface area contributed by atoms with E-state index < -0.39 is 0 Å². The molecule has 8 heteroatoms. The van der Waals surface area contributed by atoms with Gasteiger partial charge in [0, 0.05) is 23.9 Å². The number of thioether (sulfide) groups is 1. The quantitative estimate of drug-likeness (QED) is 0.475. The maximum Gasteiger partial charge on any atom is 0.170 e. The zero-order valence-corrected chi connectivity index (χ0v) is 18.7. The van der Waals surface area contributed by atoms with Crippen LogP contribution >= 0.6 is 11.8 Å². The molecule has 0 saturated carbocycles. The summed E-state index contributed by atoms with van der Waals surface area (Å²) in [5.41, 5.74) is 5.98. The summed E-state index contributed by atoms with van der Waals surface area (Å²) in [6, 6.07) is 14.3. The molecule has 0 unspecified atom stereocenters. The molecule has 0 saturated heterocycles. The van der Waals surface area contributed by atoms with Crippen molar-refractivity contribution in [3.05, 3.63) is 53.9 Å². The fourth-order valence-electron chi connectivity index (χ4n) is 4.11. The second-order valence-corrected chi connectivity index (χ2v) is 9.05. The highest BCUT2D eigenvalue weighted by Crippen LogP contribution is 2.37. The highest BCUT2D eigenvalue weighted by Gasteiger charge is 2.26. The van der Waals surface area contributed by atoms with Gasteiger partial charge in [0.05, 0.1) is 0 Å². The lowest BCUT2D eigenvalue weighted by molar-refractivity contribution is 0.477. The molecule has 2 aromatic carbocycles. The van der Waals surface area contributed by atoms with Crippen molar-refractivity contribution in [2.45, 2.75) is 31.5 Å². The minimum atomic E-state index is 0.304. The predicted octanol–water partition coefficient (Wildman–Crippen LogP) is 3.09. The third-order valence-electron chi connectivity index (χ3n) is 5.72. The normalized spacial score (nSPS) is 15.4. The van der Waals surface area contributed by atoms with Crippen molar-refractivity contribution in [3.63, 3.8) is 0 Å². The summed E-state index contributed by atoms with van der Waals surface area (Å²) in [5, 5.41) is 14.9. The summed E-state index contributed by atoms with van der Waals surface area (Å²) in [7, 11) is 2.06. The number of anilines is 1. The first kappa shape index (κ1) is 19.9. The summed E-state index contributed by atoms with van der Waals surface area (Å²) in [4.78, 5) is 14.1. The van der Waals surface area contributed by atoms with Crippen LogP contribution in [0.5, 0.6) is 5.75 Å². The first-order valence-electron chi connectivity index (χ1n) is 10.5. The smallest absolute Gasteiger partial charge is 0.170 e. The Hall–Kier alpha value is -3.00. The van der Waals surface area contributed by atoms with Crippen molar-refractivity contribution in [1.29, 1.82) is 0 Å². The van der Waals surface area contributed by atoms with Crippen LogP contribution in [0.1, 0.15) is 24.4 Å². The number of rotatable bonds is 5. The van der Waals surface area contributed by atoms with Crippen molar-refractivity contribution >= 4 is 42.1 Å². The summed E-state index contributed by atoms with van der Waals surface area (Å²) in [6.45, 7) is 4.84. The monoisotopic (exact) mass is 429 g/mol. The van der Waals surface area contributed by atoms with Gasteiger partial charge >= 0.3 is 0 Å². The summed E-state index contributed by atoms with van der Waals surface area (Å²) in [6.07, 6.45) is 0.808. The van der Waals surface area contributed by atoms with E-state index in [-0.39, 0.29) is 0 Å². The third kappa shape index (κ3) is 3.65. The highest BCUT2D eigenvalue weighted by molar-refractivity contribution is 7.99. The molecule has 156 valence electrons. The highest BCUT2D eigenvalue weighted by atomic mass is 32.2. The lowest BCUT2D eigenvalue weighted by Crippen LogP contribution is -2.10. The fraction of sp³-hybridized carbons (Fsp3) is 0.261. The third-order valence-corrected chi connectivity index (χ3v) is 6.91. The van der Waals surface area contributed by atoms with Crippen LogP contribution in [0.2, 0.25) is 0 Å². The topological polar surface area (TPSA) is 75.9 Å². The summed E-state index contributed by atoms with van der Waals surface area (Å²) >= 11 is 1.77. The van der Waals surface area contributed by atoms with Crippen LogP contribution < -0.4 is 10.8 Å². The van der Waals surface area contributed by atoms with Crippen molar-refractivity contribution in [2.75, 3.05) is 17.6 Å². The zero-order valence-electron chi connectivity index (χ0n) is 17.9. The Bertz CT molecular complexity index is 1290. The van der Waals surface area contributed by atoms with Crippen LogP contribution in [0.25, 0.3) is 22.3 Å². The van der Waals surface area contributed by atoms with Crippen LogP contribution in [0.4, 0.5) is 5.82 Å². The van der Waals surface area contributed by atoms with Gasteiger partial charge < -0.3 is 10.4 Å². The van der Waals surface area contributed by atoms with E-state index in [1.807, 2.05) is 31.2 Å². The zero-order chi connectivity index (χ0) is 21.5. The SMILES string of the molecule is Bc1ccccc1-c1cc(CCNc2nc(C)nc3c2nc2n3[C@@H](C)CS2)ccc1O. The molecular formula is C23H24BN5OS. The van der Waals surface area contributed by atoms with Gasteiger partial charge in [0.25, 0.3) is 0 Å². The maximum absolute atomic E-state index is 10.4. The molecule has 0 radical (unpaired) electrons. The largest absolute Gasteiger partial charge is 0.507 e. The number of aromatic nitrogens is 4.